The first-order valence-electron chi connectivity index (χ1n) is 32.0. The number of hydrogen-bond acceptors (Lipinski definition) is 32. The molecule has 7 aromatic heterocycles. The second kappa shape index (κ2) is 44.6. The lowest BCUT2D eigenvalue weighted by Gasteiger charge is -2.23. The highest BCUT2D eigenvalue weighted by Crippen LogP contribution is 2.33. The molecule has 3 amide bonds. The van der Waals surface area contributed by atoms with Crippen molar-refractivity contribution in [2.45, 2.75) is 53.7 Å². The number of Topliss-reactive ketones (excluding diaryl/α,β-unsaturated/α-hetero) is 1. The van der Waals surface area contributed by atoms with Crippen LogP contribution in [0.4, 0.5) is 82.2 Å². The number of rotatable bonds is 22. The summed E-state index contributed by atoms with van der Waals surface area (Å²) in [6.45, 7) is 10.8. The third-order valence-corrected chi connectivity index (χ3v) is 14.2. The summed E-state index contributed by atoms with van der Waals surface area (Å²) in [6.07, 6.45) is -0.735. The number of alkyl halides is 3. The van der Waals surface area contributed by atoms with Gasteiger partial charge in [-0.3, -0.25) is 35.7 Å². The van der Waals surface area contributed by atoms with Gasteiger partial charge in [0.25, 0.3) is 23.7 Å². The molecule has 0 unspecified atom stereocenters. The SMILES string of the molecule is CCO.CNC(=O)c1nnc(Nc2ccccn2)cc1Nc1cccc(-c2nnc(C)o2)c1C.CNC(=O)c1nnc(Nc2ccccn2)cc1Nc1cccc(C(=O)CN)c1C.CNC(=O)c1nnc(Nc2ccccn2)cc1Nc1cccc(C(=O)OC)c1C.COC(C)(OC)OC.NN.O=CC(F)(F)F. The Bertz CT molecular complexity index is 4350. The van der Waals surface area contributed by atoms with Crippen molar-refractivity contribution in [1.82, 2.24) is 71.7 Å². The lowest BCUT2D eigenvalue weighted by molar-refractivity contribution is -0.340. The van der Waals surface area contributed by atoms with E-state index in [2.05, 4.69) is 115 Å². The van der Waals surface area contributed by atoms with Crippen molar-refractivity contribution >= 4 is 105 Å². The molecule has 0 fully saturated rings. The molecule has 35 nitrogen and oxygen atoms in total. The molecule has 3 aromatic carbocycles. The van der Waals surface area contributed by atoms with Gasteiger partial charge in [0.2, 0.25) is 18.1 Å². The fourth-order valence-electron chi connectivity index (χ4n) is 8.58. The number of amides is 3. The fraction of sp³-hybridized carbons (Fsp3) is 0.243. The number of esters is 1. The smallest absolute Gasteiger partial charge is 0.446 e. The van der Waals surface area contributed by atoms with Gasteiger partial charge in [0.15, 0.2) is 40.3 Å². The number of aliphatic hydroxyl groups is 1. The van der Waals surface area contributed by atoms with Gasteiger partial charge >= 0.3 is 12.1 Å². The number of halogens is 3. The Hall–Kier alpha value is -13.0. The summed E-state index contributed by atoms with van der Waals surface area (Å²) in [5.41, 5.74) is 13.3. The van der Waals surface area contributed by atoms with Crippen molar-refractivity contribution in [3.8, 4) is 11.5 Å². The van der Waals surface area contributed by atoms with E-state index in [1.807, 2.05) is 62.4 Å². The number of pyridine rings is 3. The van der Waals surface area contributed by atoms with Crippen LogP contribution < -0.4 is 65.3 Å². The molecule has 16 N–H and O–H groups in total. The average molecular weight is 1500 g/mol. The molecule has 0 bridgehead atoms. The number of benzene rings is 3. The summed E-state index contributed by atoms with van der Waals surface area (Å²) < 4.78 is 56.0. The standard InChI is InChI=1S/C21H20N8O2.C20H21N7O2.C20H20N6O3.C5H12O3.C2HF3O.C2H6O.H4N2/c1-12-14(21-29-26-13(2)31-21)7-6-8-15(12)24-16-11-18(25-17-9-4-5-10-23-17)27-28-19(16)20(30)22-3;1-12-13(16(28)11-21)6-5-7-14(12)24-15-10-18(25-17-8-3-4-9-23-17)26-27-19(15)20(29)22-2;1-12-13(20(28)29-3)7-6-8-14(12)23-15-11-17(24-16-9-4-5-10-22-16)25-26-18(15)19(27)21-2;1-5(6-2,7-3)8-4;3-2(4,5)1-6;1-2-3;1-2/h4-11H,1-3H3,(H,22,30)(H2,23,24,25,27);3-10H,11,21H2,1-2H3,(H,22,29)(H2,23,24,25,26);4-11H,1-3H3,(H,21,27)(H2,22,23,24,25);1-4H3;1H;3H,2H2,1H3;1-2H2. The molecule has 7 heterocycles. The molecule has 572 valence electrons. The number of aliphatic hydroxyl groups excluding tert-OH is 1. The molecule has 0 atom stereocenters. The van der Waals surface area contributed by atoms with Crippen molar-refractivity contribution in [1.29, 1.82) is 0 Å². The van der Waals surface area contributed by atoms with Crippen molar-refractivity contribution in [3.05, 3.63) is 197 Å². The lowest BCUT2D eigenvalue weighted by Crippen LogP contribution is -2.31. The largest absolute Gasteiger partial charge is 0.465 e. The maximum Gasteiger partial charge on any atom is 0.446 e. The monoisotopic (exact) mass is 1500 g/mol. The molecule has 0 aliphatic heterocycles. The van der Waals surface area contributed by atoms with Crippen LogP contribution in [0.25, 0.3) is 11.5 Å². The Morgan fingerprint density at radius 3 is 1.14 bits per heavy atom. The van der Waals surface area contributed by atoms with E-state index in [0.29, 0.717) is 91.8 Å². The Morgan fingerprint density at radius 2 is 0.843 bits per heavy atom. The molecule has 0 saturated carbocycles. The first-order valence-corrected chi connectivity index (χ1v) is 32.0. The second-order valence-electron chi connectivity index (χ2n) is 21.2. The number of methoxy groups -OCH3 is 4. The first kappa shape index (κ1) is 87.4. The van der Waals surface area contributed by atoms with Gasteiger partial charge in [0.05, 0.1) is 36.3 Å². The van der Waals surface area contributed by atoms with E-state index in [0.717, 1.165) is 22.4 Å². The molecule has 0 radical (unpaired) electrons. The number of ether oxygens (including phenoxy) is 4. The minimum absolute atomic E-state index is 0.0806. The highest BCUT2D eigenvalue weighted by atomic mass is 19.4. The summed E-state index contributed by atoms with van der Waals surface area (Å²) in [5.74, 6) is 9.32. The van der Waals surface area contributed by atoms with Crippen LogP contribution in [-0.2, 0) is 23.7 Å². The number of ketones is 1. The molecule has 0 saturated heterocycles. The van der Waals surface area contributed by atoms with Gasteiger partial charge < -0.3 is 82.1 Å². The van der Waals surface area contributed by atoms with Gasteiger partial charge in [0, 0.05) is 128 Å². The van der Waals surface area contributed by atoms with Crippen LogP contribution in [0, 0.1) is 27.7 Å². The van der Waals surface area contributed by atoms with E-state index >= 15 is 0 Å². The molecule has 10 rings (SSSR count). The number of anilines is 12. The lowest BCUT2D eigenvalue weighted by atomic mass is 10.0. The predicted molar refractivity (Wildman–Crippen MR) is 398 cm³/mol. The third-order valence-electron chi connectivity index (χ3n) is 14.2. The summed E-state index contributed by atoms with van der Waals surface area (Å²) in [5, 5.41) is 66.4. The van der Waals surface area contributed by atoms with Crippen LogP contribution in [0.2, 0.25) is 0 Å². The van der Waals surface area contributed by atoms with Crippen LogP contribution in [0.1, 0.15) is 88.6 Å². The highest BCUT2D eigenvalue weighted by Gasteiger charge is 2.26. The number of aromatic nitrogens is 11. The maximum absolute atomic E-state index is 12.4. The zero-order chi connectivity index (χ0) is 79.9. The van der Waals surface area contributed by atoms with Crippen molar-refractivity contribution < 1.29 is 70.4 Å². The number of aryl methyl sites for hydroxylation is 1. The summed E-state index contributed by atoms with van der Waals surface area (Å²) >= 11 is 0. The van der Waals surface area contributed by atoms with E-state index in [4.69, 9.17) is 39.0 Å². The maximum atomic E-state index is 12.4. The normalized spacial score (nSPS) is 10.3. The number of hydrazine groups is 1. The zero-order valence-corrected chi connectivity index (χ0v) is 61.1. The second-order valence-corrected chi connectivity index (χ2v) is 21.2. The van der Waals surface area contributed by atoms with Gasteiger partial charge in [-0.2, -0.15) is 13.2 Å². The number of nitrogens with two attached hydrogens (primary N) is 3. The van der Waals surface area contributed by atoms with Crippen LogP contribution in [0.15, 0.2) is 150 Å². The van der Waals surface area contributed by atoms with Crippen molar-refractivity contribution in [2.75, 3.05) is 94.6 Å². The Balaban J connectivity index is 0.000000305. The van der Waals surface area contributed by atoms with E-state index < -0.39 is 36.2 Å². The quantitative estimate of drug-likeness (QED) is 0.00754. The van der Waals surface area contributed by atoms with Crippen LogP contribution in [0.5, 0.6) is 0 Å². The predicted octanol–water partition coefficient (Wildman–Crippen LogP) is 8.53. The Morgan fingerprint density at radius 1 is 0.491 bits per heavy atom. The molecular formula is C70H84F3N23O12. The number of carbonyl (C=O) groups is 6. The summed E-state index contributed by atoms with van der Waals surface area (Å²) in [7, 11) is 10.5. The molecule has 38 heteroatoms. The van der Waals surface area contributed by atoms with E-state index in [1.165, 1.54) is 49.6 Å². The Kier molecular flexibility index (Phi) is 36.1. The minimum Gasteiger partial charge on any atom is -0.465 e. The van der Waals surface area contributed by atoms with Gasteiger partial charge in [-0.05, 0) is 111 Å². The summed E-state index contributed by atoms with van der Waals surface area (Å²) in [4.78, 5) is 82.2. The number of carbonyl (C=O) groups excluding carboxylic acids is 6. The van der Waals surface area contributed by atoms with E-state index in [1.54, 1.807) is 125 Å². The van der Waals surface area contributed by atoms with Crippen molar-refractivity contribution in [2.24, 2.45) is 17.4 Å². The Labute approximate surface area is 618 Å². The molecule has 0 aliphatic rings. The molecule has 108 heavy (non-hydrogen) atoms. The van der Waals surface area contributed by atoms with E-state index in [9.17, 15) is 37.1 Å². The number of hydrogen-bond donors (Lipinski definition) is 13. The van der Waals surface area contributed by atoms with Gasteiger partial charge in [-0.25, -0.2) is 19.7 Å². The molecular weight excluding hydrogens is 1410 g/mol. The highest BCUT2D eigenvalue weighted by molar-refractivity contribution is 6.02. The van der Waals surface area contributed by atoms with Crippen LogP contribution in [0.3, 0.4) is 0 Å². The summed E-state index contributed by atoms with van der Waals surface area (Å²) in [6, 6.07) is 37.5. The van der Waals surface area contributed by atoms with Crippen LogP contribution >= 0.6 is 0 Å². The first-order chi connectivity index (χ1) is 51.8. The number of nitrogens with zero attached hydrogens (tertiary/aromatic N) is 11. The fourth-order valence-corrected chi connectivity index (χ4v) is 8.58. The molecule has 0 aliphatic carbocycles. The van der Waals surface area contributed by atoms with Crippen molar-refractivity contribution in [3.63, 3.8) is 0 Å². The minimum atomic E-state index is -4.64. The van der Waals surface area contributed by atoms with Gasteiger partial charge in [0.1, 0.15) is 17.5 Å². The zero-order valence-electron chi connectivity index (χ0n) is 61.1. The van der Waals surface area contributed by atoms with Crippen LogP contribution in [-0.4, -0.2) is 171 Å². The number of aldehydes is 1. The number of nitrogens with one attached hydrogen (secondary N) is 9. The third kappa shape index (κ3) is 26.9. The average Bonchev–Trinajstić information content (AvgIpc) is 1.17. The van der Waals surface area contributed by atoms with Gasteiger partial charge in [-0.15, -0.1) is 40.8 Å². The van der Waals surface area contributed by atoms with Gasteiger partial charge in [-0.1, -0.05) is 42.5 Å². The van der Waals surface area contributed by atoms with E-state index in [-0.39, 0.29) is 41.9 Å². The molecule has 0 spiro atoms. The molecule has 10 aromatic rings. The topological polar surface area (TPSA) is 501 Å².